The van der Waals surface area contributed by atoms with Crippen molar-refractivity contribution in [3.63, 3.8) is 0 Å². The van der Waals surface area contributed by atoms with Gasteiger partial charge in [-0.25, -0.2) is 15.0 Å². The van der Waals surface area contributed by atoms with E-state index in [0.29, 0.717) is 17.5 Å². The Morgan fingerprint density at radius 1 is 0.338 bits per heavy atom. The summed E-state index contributed by atoms with van der Waals surface area (Å²) in [4.78, 5) is 16.1. The van der Waals surface area contributed by atoms with Gasteiger partial charge in [0.2, 0.25) is 0 Å². The monoisotopic (exact) mass is 945 g/mol. The molecule has 0 aliphatic heterocycles. The minimum Gasteiger partial charge on any atom is -0.456 e. The molecule has 11 aromatic carbocycles. The highest BCUT2D eigenvalue weighted by Crippen LogP contribution is 2.48. The van der Waals surface area contributed by atoms with Gasteiger partial charge in [-0.2, -0.15) is 0 Å². The van der Waals surface area contributed by atoms with Gasteiger partial charge in [-0.1, -0.05) is 213 Å². The third-order valence-corrected chi connectivity index (χ3v) is 15.2. The topological polar surface area (TPSA) is 51.8 Å². The Balaban J connectivity index is 0.899. The highest BCUT2D eigenvalue weighted by atomic mass is 16.3. The molecule has 4 nitrogen and oxygen atoms in total. The molecule has 1 atom stereocenters. The summed E-state index contributed by atoms with van der Waals surface area (Å²) in [6, 6.07) is 86.8. The molecule has 1 aliphatic carbocycles. The highest BCUT2D eigenvalue weighted by molar-refractivity contribution is 6.08. The van der Waals surface area contributed by atoms with Crippen LogP contribution in [-0.2, 0) is 5.41 Å². The van der Waals surface area contributed by atoms with E-state index < -0.39 is 0 Å². The fraction of sp³-hybridized carbons (Fsp3) is 0.0429. The van der Waals surface area contributed by atoms with Gasteiger partial charge in [-0.05, 0) is 137 Å². The van der Waals surface area contributed by atoms with E-state index in [1.54, 1.807) is 0 Å². The van der Waals surface area contributed by atoms with Crippen LogP contribution in [0.1, 0.15) is 30.2 Å². The third kappa shape index (κ3) is 7.67. The fourth-order valence-electron chi connectivity index (χ4n) is 11.2. The summed E-state index contributed by atoms with van der Waals surface area (Å²) in [6.45, 7) is 2.36. The lowest BCUT2D eigenvalue weighted by atomic mass is 9.70. The Hall–Kier alpha value is -9.51. The van der Waals surface area contributed by atoms with Crippen LogP contribution in [0.4, 0.5) is 0 Å². The molecule has 0 fully saturated rings. The van der Waals surface area contributed by atoms with Gasteiger partial charge >= 0.3 is 0 Å². The third-order valence-electron chi connectivity index (χ3n) is 15.2. The van der Waals surface area contributed by atoms with E-state index in [2.05, 4.69) is 262 Å². The summed E-state index contributed by atoms with van der Waals surface area (Å²) >= 11 is 0. The zero-order chi connectivity index (χ0) is 49.2. The number of allylic oxidation sites excluding steroid dienone is 1. The maximum atomic E-state index is 6.64. The summed E-state index contributed by atoms with van der Waals surface area (Å²) in [5.41, 5.74) is 14.9. The smallest absolute Gasteiger partial charge is 0.164 e. The number of fused-ring (bicyclic) bond motifs is 7. The van der Waals surface area contributed by atoms with Crippen molar-refractivity contribution in [1.29, 1.82) is 0 Å². The second-order valence-corrected chi connectivity index (χ2v) is 19.8. The lowest BCUT2D eigenvalue weighted by Crippen LogP contribution is -2.25. The minimum absolute atomic E-state index is 0.358. The van der Waals surface area contributed by atoms with Crippen molar-refractivity contribution in [1.82, 2.24) is 15.0 Å². The molecule has 0 amide bonds. The van der Waals surface area contributed by atoms with Crippen molar-refractivity contribution in [2.24, 2.45) is 0 Å². The molecule has 13 aromatic rings. The van der Waals surface area contributed by atoms with Gasteiger partial charge in [0.05, 0.1) is 0 Å². The molecule has 348 valence electrons. The van der Waals surface area contributed by atoms with E-state index in [4.69, 9.17) is 19.4 Å². The number of benzene rings is 11. The second-order valence-electron chi connectivity index (χ2n) is 19.8. The first kappa shape index (κ1) is 43.3. The lowest BCUT2D eigenvalue weighted by molar-refractivity contribution is 0.535. The Labute approximate surface area is 429 Å². The van der Waals surface area contributed by atoms with Gasteiger partial charge < -0.3 is 4.42 Å². The Kier molecular flexibility index (Phi) is 10.3. The largest absolute Gasteiger partial charge is 0.456 e. The number of rotatable bonds is 8. The first-order chi connectivity index (χ1) is 36.5. The minimum atomic E-state index is -0.358. The average Bonchev–Trinajstić information content (AvgIpc) is 3.87. The van der Waals surface area contributed by atoms with Crippen LogP contribution in [-0.4, -0.2) is 15.0 Å². The molecule has 0 saturated heterocycles. The highest BCUT2D eigenvalue weighted by Gasteiger charge is 2.36. The molecule has 14 rings (SSSR count). The van der Waals surface area contributed by atoms with Gasteiger partial charge in [0, 0.05) is 33.1 Å². The zero-order valence-electron chi connectivity index (χ0n) is 40.7. The number of furan rings is 1. The van der Waals surface area contributed by atoms with Crippen LogP contribution in [0.2, 0.25) is 0 Å². The molecule has 0 bridgehead atoms. The molecule has 0 saturated carbocycles. The second kappa shape index (κ2) is 17.7. The van der Waals surface area contributed by atoms with Crippen molar-refractivity contribution >= 4 is 49.4 Å². The van der Waals surface area contributed by atoms with Crippen molar-refractivity contribution in [3.05, 3.63) is 266 Å². The molecule has 74 heavy (non-hydrogen) atoms. The molecule has 1 aliphatic rings. The lowest BCUT2D eigenvalue weighted by Gasteiger charge is -2.32. The van der Waals surface area contributed by atoms with E-state index in [-0.39, 0.29) is 5.41 Å². The predicted molar refractivity (Wildman–Crippen MR) is 307 cm³/mol. The maximum absolute atomic E-state index is 6.64. The molecule has 2 aromatic heterocycles. The standard InChI is InChI=1S/C70H47N3O/c1-70(37-13-22-65-66(70)63-43-53(34-36-64(63)74-65)49-25-23-48(24-26-49)45-14-5-2-6-15-45)60-35-33-50-27-31-54(38-58(50)42-60)67-71-68(55-32-30-52-29-28-51-20-11-12-21-61(51)62(52)44-55)73-69(72-67)59-40-56(46-16-7-3-8-17-46)39-57(41-59)47-18-9-4-10-19-47/h2-36,38-44H,37H2,1H3. The Morgan fingerprint density at radius 3 is 1.49 bits per heavy atom. The van der Waals surface area contributed by atoms with Gasteiger partial charge in [0.25, 0.3) is 0 Å². The van der Waals surface area contributed by atoms with Crippen LogP contribution in [0.5, 0.6) is 0 Å². The normalized spacial score (nSPS) is 14.2. The van der Waals surface area contributed by atoms with E-state index in [0.717, 1.165) is 83.8 Å². The molecule has 0 radical (unpaired) electrons. The summed E-state index contributed by atoms with van der Waals surface area (Å²) in [5, 5.41) is 8.12. The zero-order valence-corrected chi connectivity index (χ0v) is 40.7. The SMILES string of the molecule is CC1(c2ccc3ccc(-c4nc(-c5cc(-c6ccccc6)cc(-c6ccccc6)c5)nc(-c5ccc6ccc7ccccc7c6c5)n4)cc3c2)CC=Cc2oc3ccc(-c4ccc(-c5ccccc5)cc4)cc3c21. The van der Waals surface area contributed by atoms with Crippen LogP contribution in [0.25, 0.3) is 128 Å². The van der Waals surface area contributed by atoms with Gasteiger partial charge in [0.15, 0.2) is 17.5 Å². The van der Waals surface area contributed by atoms with E-state index in [1.807, 2.05) is 0 Å². The maximum Gasteiger partial charge on any atom is 0.164 e. The van der Waals surface area contributed by atoms with E-state index in [9.17, 15) is 0 Å². The van der Waals surface area contributed by atoms with Crippen LogP contribution < -0.4 is 0 Å². The molecule has 0 N–H and O–H groups in total. The predicted octanol–water partition coefficient (Wildman–Crippen LogP) is 18.5. The number of aromatic nitrogens is 3. The first-order valence-corrected chi connectivity index (χ1v) is 25.4. The van der Waals surface area contributed by atoms with Gasteiger partial charge in [-0.15, -0.1) is 0 Å². The fourth-order valence-corrected chi connectivity index (χ4v) is 11.2. The molecule has 4 heteroatoms. The van der Waals surface area contributed by atoms with Crippen molar-refractivity contribution in [3.8, 4) is 78.7 Å². The molecule has 0 spiro atoms. The summed E-state index contributed by atoms with van der Waals surface area (Å²) in [7, 11) is 0. The van der Waals surface area contributed by atoms with Crippen molar-refractivity contribution in [2.75, 3.05) is 0 Å². The quantitative estimate of drug-likeness (QED) is 0.142. The van der Waals surface area contributed by atoms with Crippen molar-refractivity contribution in [2.45, 2.75) is 18.8 Å². The Bertz CT molecular complexity index is 4270. The van der Waals surface area contributed by atoms with E-state index in [1.165, 1.54) is 44.0 Å². The average molecular weight is 946 g/mol. The van der Waals surface area contributed by atoms with Crippen LogP contribution >= 0.6 is 0 Å². The summed E-state index contributed by atoms with van der Waals surface area (Å²) < 4.78 is 6.64. The summed E-state index contributed by atoms with van der Waals surface area (Å²) in [5.74, 6) is 2.76. The van der Waals surface area contributed by atoms with Crippen molar-refractivity contribution < 1.29 is 4.42 Å². The van der Waals surface area contributed by atoms with Crippen LogP contribution in [0.15, 0.2) is 253 Å². The van der Waals surface area contributed by atoms with Gasteiger partial charge in [0.1, 0.15) is 11.3 Å². The molecular weight excluding hydrogens is 899 g/mol. The molecule has 1 unspecified atom stereocenters. The number of nitrogens with zero attached hydrogens (tertiary/aromatic N) is 3. The molecular formula is C70H47N3O. The first-order valence-electron chi connectivity index (χ1n) is 25.4. The number of hydrogen-bond acceptors (Lipinski definition) is 4. The Morgan fingerprint density at radius 2 is 0.811 bits per heavy atom. The van der Waals surface area contributed by atoms with E-state index >= 15 is 0 Å². The van der Waals surface area contributed by atoms with Gasteiger partial charge in [-0.3, -0.25) is 0 Å². The molecule has 2 heterocycles. The summed E-state index contributed by atoms with van der Waals surface area (Å²) in [6.07, 6.45) is 5.24. The van der Waals surface area contributed by atoms with Crippen LogP contribution in [0, 0.1) is 0 Å². The number of hydrogen-bond donors (Lipinski definition) is 0. The van der Waals surface area contributed by atoms with Crippen LogP contribution in [0.3, 0.4) is 0 Å².